The molecule has 17 heavy (non-hydrogen) atoms. The number of carbonyl (C=O) groups is 1. The van der Waals surface area contributed by atoms with Crippen molar-refractivity contribution in [1.82, 2.24) is 4.98 Å². The molecule has 1 N–H and O–H groups in total. The van der Waals surface area contributed by atoms with Gasteiger partial charge in [0.1, 0.15) is 0 Å². The molecule has 1 rings (SSSR count). The van der Waals surface area contributed by atoms with Gasteiger partial charge >= 0.3 is 5.97 Å². The number of aromatic nitrogens is 1. The number of nitrogens with one attached hydrogen (secondary N) is 1. The molecule has 0 bridgehead atoms. The maximum Gasteiger partial charge on any atom is 0.310 e. The highest BCUT2D eigenvalue weighted by atomic mass is 19.3. The molecule has 6 heteroatoms. The largest absolute Gasteiger partial charge is 0.466 e. The standard InChI is InChI=1S/C11H13F2NO3/c1-3-17-9(15)5-7-4-8(10(12)13)6(2)14-11(7)16/h4,10H,3,5H2,1-2H3,(H,14,16). The van der Waals surface area contributed by atoms with E-state index in [9.17, 15) is 18.4 Å². The van der Waals surface area contributed by atoms with Gasteiger partial charge < -0.3 is 9.72 Å². The van der Waals surface area contributed by atoms with Crippen LogP contribution in [0.25, 0.3) is 0 Å². The van der Waals surface area contributed by atoms with E-state index in [0.717, 1.165) is 6.07 Å². The molecule has 0 aliphatic rings. The van der Waals surface area contributed by atoms with Crippen LogP contribution in [0.2, 0.25) is 0 Å². The van der Waals surface area contributed by atoms with Gasteiger partial charge in [0.25, 0.3) is 12.0 Å². The highest BCUT2D eigenvalue weighted by Gasteiger charge is 2.16. The van der Waals surface area contributed by atoms with Crippen molar-refractivity contribution in [2.75, 3.05) is 6.61 Å². The fraction of sp³-hybridized carbons (Fsp3) is 0.455. The molecule has 0 radical (unpaired) electrons. The molecule has 0 saturated carbocycles. The maximum atomic E-state index is 12.6. The van der Waals surface area contributed by atoms with Crippen molar-refractivity contribution >= 4 is 5.97 Å². The first kappa shape index (κ1) is 13.3. The molecule has 0 aromatic carbocycles. The zero-order chi connectivity index (χ0) is 13.0. The number of hydrogen-bond acceptors (Lipinski definition) is 3. The van der Waals surface area contributed by atoms with E-state index in [-0.39, 0.29) is 29.8 Å². The number of alkyl halides is 2. The van der Waals surface area contributed by atoms with E-state index in [4.69, 9.17) is 0 Å². The molecule has 0 spiro atoms. The molecule has 94 valence electrons. The number of ether oxygens (including phenoxy) is 1. The highest BCUT2D eigenvalue weighted by Crippen LogP contribution is 2.20. The Hall–Kier alpha value is -1.72. The van der Waals surface area contributed by atoms with E-state index in [1.807, 2.05) is 0 Å². The Morgan fingerprint density at radius 2 is 2.18 bits per heavy atom. The van der Waals surface area contributed by atoms with Crippen LogP contribution in [0.1, 0.15) is 30.2 Å². The van der Waals surface area contributed by atoms with Crippen LogP contribution in [0.4, 0.5) is 8.78 Å². The minimum Gasteiger partial charge on any atom is -0.466 e. The van der Waals surface area contributed by atoms with E-state index in [1.165, 1.54) is 6.92 Å². The van der Waals surface area contributed by atoms with Gasteiger partial charge in [-0.15, -0.1) is 0 Å². The van der Waals surface area contributed by atoms with Crippen molar-refractivity contribution in [3.8, 4) is 0 Å². The van der Waals surface area contributed by atoms with Crippen LogP contribution in [0.15, 0.2) is 10.9 Å². The zero-order valence-corrected chi connectivity index (χ0v) is 9.55. The van der Waals surface area contributed by atoms with Gasteiger partial charge in [-0.3, -0.25) is 9.59 Å². The molecule has 0 amide bonds. The summed E-state index contributed by atoms with van der Waals surface area (Å²) in [5.41, 5.74) is -0.717. The van der Waals surface area contributed by atoms with Crippen molar-refractivity contribution in [3.63, 3.8) is 0 Å². The summed E-state index contributed by atoms with van der Waals surface area (Å²) in [6.07, 6.45) is -2.99. The first-order valence-corrected chi connectivity index (χ1v) is 5.12. The second kappa shape index (κ2) is 5.56. The molecule has 1 heterocycles. The number of pyridine rings is 1. The van der Waals surface area contributed by atoms with Gasteiger partial charge in [0, 0.05) is 16.8 Å². The molecule has 0 aliphatic carbocycles. The average Bonchev–Trinajstić information content (AvgIpc) is 2.21. The first-order chi connectivity index (χ1) is 7.95. The van der Waals surface area contributed by atoms with Crippen LogP contribution in [-0.4, -0.2) is 17.6 Å². The first-order valence-electron chi connectivity index (χ1n) is 5.12. The number of halogens is 2. The number of esters is 1. The highest BCUT2D eigenvalue weighted by molar-refractivity contribution is 5.72. The SMILES string of the molecule is CCOC(=O)Cc1cc(C(F)F)c(C)[nH]c1=O. The maximum absolute atomic E-state index is 12.6. The van der Waals surface area contributed by atoms with Gasteiger partial charge in [-0.1, -0.05) is 0 Å². The van der Waals surface area contributed by atoms with Crippen LogP contribution in [0, 0.1) is 6.92 Å². The molecule has 0 unspecified atom stereocenters. The summed E-state index contributed by atoms with van der Waals surface area (Å²) in [5, 5.41) is 0. The summed E-state index contributed by atoms with van der Waals surface area (Å²) in [6.45, 7) is 3.20. The van der Waals surface area contributed by atoms with Gasteiger partial charge in [0.05, 0.1) is 13.0 Å². The monoisotopic (exact) mass is 245 g/mol. The van der Waals surface area contributed by atoms with Crippen LogP contribution >= 0.6 is 0 Å². The Kier molecular flexibility index (Phi) is 4.37. The third-order valence-corrected chi connectivity index (χ3v) is 2.23. The summed E-state index contributed by atoms with van der Waals surface area (Å²) in [7, 11) is 0. The van der Waals surface area contributed by atoms with Crippen molar-refractivity contribution in [2.45, 2.75) is 26.7 Å². The lowest BCUT2D eigenvalue weighted by Gasteiger charge is -2.07. The number of aromatic amines is 1. The third kappa shape index (κ3) is 3.37. The lowest BCUT2D eigenvalue weighted by molar-refractivity contribution is -0.142. The fourth-order valence-electron chi connectivity index (χ4n) is 1.41. The lowest BCUT2D eigenvalue weighted by atomic mass is 10.1. The smallest absolute Gasteiger partial charge is 0.310 e. The summed E-state index contributed by atoms with van der Waals surface area (Å²) < 4.78 is 29.8. The van der Waals surface area contributed by atoms with E-state index in [1.54, 1.807) is 6.92 Å². The molecule has 0 fully saturated rings. The predicted molar refractivity (Wildman–Crippen MR) is 57.1 cm³/mol. The van der Waals surface area contributed by atoms with Gasteiger partial charge in [-0.25, -0.2) is 8.78 Å². The summed E-state index contributed by atoms with van der Waals surface area (Å²) in [4.78, 5) is 24.9. The number of aryl methyl sites for hydroxylation is 1. The molecule has 0 saturated heterocycles. The van der Waals surface area contributed by atoms with E-state index in [2.05, 4.69) is 9.72 Å². The van der Waals surface area contributed by atoms with Crippen molar-refractivity contribution in [3.05, 3.63) is 33.2 Å². The molecule has 1 aromatic rings. The summed E-state index contributed by atoms with van der Waals surface area (Å²) in [5.74, 6) is -0.609. The van der Waals surface area contributed by atoms with Crippen LogP contribution < -0.4 is 5.56 Å². The Labute approximate surface area is 96.6 Å². The van der Waals surface area contributed by atoms with Crippen molar-refractivity contribution in [2.24, 2.45) is 0 Å². The molecule has 0 aliphatic heterocycles. The number of H-pyrrole nitrogens is 1. The van der Waals surface area contributed by atoms with E-state index < -0.39 is 18.0 Å². The lowest BCUT2D eigenvalue weighted by Crippen LogP contribution is -2.20. The van der Waals surface area contributed by atoms with Gasteiger partial charge in [-0.2, -0.15) is 0 Å². The second-order valence-corrected chi connectivity index (χ2v) is 3.49. The molecular formula is C11H13F2NO3. The number of carbonyl (C=O) groups excluding carboxylic acids is 1. The summed E-state index contributed by atoms with van der Waals surface area (Å²) in [6, 6.07) is 1.05. The topological polar surface area (TPSA) is 59.2 Å². The normalized spacial score (nSPS) is 10.6. The van der Waals surface area contributed by atoms with Gasteiger partial charge in [-0.05, 0) is 19.9 Å². The predicted octanol–water partition coefficient (Wildman–Crippen LogP) is 1.73. The fourth-order valence-corrected chi connectivity index (χ4v) is 1.41. The Morgan fingerprint density at radius 3 is 2.71 bits per heavy atom. The quantitative estimate of drug-likeness (QED) is 0.822. The zero-order valence-electron chi connectivity index (χ0n) is 9.55. The van der Waals surface area contributed by atoms with Gasteiger partial charge in [0.15, 0.2) is 0 Å². The van der Waals surface area contributed by atoms with Crippen LogP contribution in [0.3, 0.4) is 0 Å². The minimum absolute atomic E-state index is 0.00986. The van der Waals surface area contributed by atoms with Gasteiger partial charge in [0.2, 0.25) is 0 Å². The summed E-state index contributed by atoms with van der Waals surface area (Å²) >= 11 is 0. The van der Waals surface area contributed by atoms with Crippen LogP contribution in [-0.2, 0) is 16.0 Å². The Balaban J connectivity index is 3.04. The molecule has 0 atom stereocenters. The van der Waals surface area contributed by atoms with E-state index >= 15 is 0 Å². The average molecular weight is 245 g/mol. The Morgan fingerprint density at radius 1 is 1.53 bits per heavy atom. The van der Waals surface area contributed by atoms with E-state index in [0.29, 0.717) is 0 Å². The molecule has 1 aromatic heterocycles. The van der Waals surface area contributed by atoms with Crippen molar-refractivity contribution < 1.29 is 18.3 Å². The minimum atomic E-state index is -2.69. The Bertz CT molecular complexity index is 468. The number of hydrogen-bond donors (Lipinski definition) is 1. The second-order valence-electron chi connectivity index (χ2n) is 3.49. The number of rotatable bonds is 4. The molecular weight excluding hydrogens is 232 g/mol. The molecule has 4 nitrogen and oxygen atoms in total. The third-order valence-electron chi connectivity index (χ3n) is 2.23. The van der Waals surface area contributed by atoms with Crippen LogP contribution in [0.5, 0.6) is 0 Å². The van der Waals surface area contributed by atoms with Crippen molar-refractivity contribution in [1.29, 1.82) is 0 Å².